The molecule has 5 nitrogen and oxygen atoms in total. The molecule has 0 aliphatic rings. The number of thiazole rings is 1. The second-order valence-corrected chi connectivity index (χ2v) is 5.38. The predicted octanol–water partition coefficient (Wildman–Crippen LogP) is 1.80. The zero-order valence-corrected chi connectivity index (χ0v) is 12.0. The van der Waals surface area contributed by atoms with Crippen LogP contribution in [0.25, 0.3) is 0 Å². The van der Waals surface area contributed by atoms with Gasteiger partial charge >= 0.3 is 0 Å². The van der Waals surface area contributed by atoms with E-state index in [1.807, 2.05) is 17.5 Å². The molecule has 0 saturated carbocycles. The largest absolute Gasteiger partial charge is 0.375 e. The van der Waals surface area contributed by atoms with E-state index in [2.05, 4.69) is 15.3 Å². The Kier molecular flexibility index (Phi) is 5.49. The van der Waals surface area contributed by atoms with Crippen molar-refractivity contribution < 1.29 is 4.79 Å². The highest BCUT2D eigenvalue weighted by Gasteiger charge is 2.03. The lowest BCUT2D eigenvalue weighted by atomic mass is 10.1. The van der Waals surface area contributed by atoms with E-state index in [0.717, 1.165) is 30.5 Å². The number of aromatic nitrogens is 2. The first-order valence-corrected chi connectivity index (χ1v) is 7.47. The first-order chi connectivity index (χ1) is 9.74. The summed E-state index contributed by atoms with van der Waals surface area (Å²) < 4.78 is 0. The summed E-state index contributed by atoms with van der Waals surface area (Å²) in [6, 6.07) is 3.86. The SMILES string of the molecule is Nc1nc(CCCNC(=O)CCc2cccnc2)cs1. The first kappa shape index (κ1) is 14.5. The maximum absolute atomic E-state index is 11.7. The topological polar surface area (TPSA) is 80.9 Å². The number of anilines is 1. The lowest BCUT2D eigenvalue weighted by Crippen LogP contribution is -2.25. The maximum atomic E-state index is 11.7. The van der Waals surface area contributed by atoms with Crippen LogP contribution in [-0.4, -0.2) is 22.4 Å². The van der Waals surface area contributed by atoms with Crippen molar-refractivity contribution in [2.24, 2.45) is 0 Å². The third-order valence-electron chi connectivity index (χ3n) is 2.86. The van der Waals surface area contributed by atoms with Gasteiger partial charge in [-0.25, -0.2) is 4.98 Å². The van der Waals surface area contributed by atoms with E-state index in [1.54, 1.807) is 12.4 Å². The number of rotatable bonds is 7. The van der Waals surface area contributed by atoms with E-state index in [-0.39, 0.29) is 5.91 Å². The van der Waals surface area contributed by atoms with Crippen LogP contribution in [0.2, 0.25) is 0 Å². The first-order valence-electron chi connectivity index (χ1n) is 6.59. The van der Waals surface area contributed by atoms with Crippen LogP contribution >= 0.6 is 11.3 Å². The van der Waals surface area contributed by atoms with Crippen LogP contribution in [0.1, 0.15) is 24.1 Å². The maximum Gasteiger partial charge on any atom is 0.220 e. The van der Waals surface area contributed by atoms with Gasteiger partial charge in [0.15, 0.2) is 5.13 Å². The number of hydrogen-bond acceptors (Lipinski definition) is 5. The Morgan fingerprint density at radius 2 is 2.30 bits per heavy atom. The summed E-state index contributed by atoms with van der Waals surface area (Å²) in [4.78, 5) is 19.9. The van der Waals surface area contributed by atoms with Crippen molar-refractivity contribution in [1.29, 1.82) is 0 Å². The number of pyridine rings is 1. The van der Waals surface area contributed by atoms with Crippen molar-refractivity contribution in [3.63, 3.8) is 0 Å². The standard InChI is InChI=1S/C14H18N4OS/c15-14-18-12(10-20-14)4-2-8-17-13(19)6-5-11-3-1-7-16-9-11/h1,3,7,9-10H,2,4-6,8H2,(H2,15,18)(H,17,19). The normalized spacial score (nSPS) is 10.4. The van der Waals surface area contributed by atoms with Crippen LogP contribution in [0, 0.1) is 0 Å². The molecule has 0 aliphatic carbocycles. The third-order valence-corrected chi connectivity index (χ3v) is 3.59. The highest BCUT2D eigenvalue weighted by molar-refractivity contribution is 7.13. The van der Waals surface area contributed by atoms with Crippen molar-refractivity contribution in [3.8, 4) is 0 Å². The fourth-order valence-electron chi connectivity index (χ4n) is 1.83. The minimum Gasteiger partial charge on any atom is -0.375 e. The Bertz CT molecular complexity index is 541. The summed E-state index contributed by atoms with van der Waals surface area (Å²) in [5.74, 6) is 0.0756. The lowest BCUT2D eigenvalue weighted by molar-refractivity contribution is -0.121. The summed E-state index contributed by atoms with van der Waals surface area (Å²) in [6.45, 7) is 0.670. The smallest absolute Gasteiger partial charge is 0.220 e. The Morgan fingerprint density at radius 3 is 3.00 bits per heavy atom. The van der Waals surface area contributed by atoms with Crippen LogP contribution in [0.4, 0.5) is 5.13 Å². The third kappa shape index (κ3) is 4.97. The highest BCUT2D eigenvalue weighted by atomic mass is 32.1. The molecule has 0 aliphatic heterocycles. The number of nitrogen functional groups attached to an aromatic ring is 1. The number of carbonyl (C=O) groups excluding carboxylic acids is 1. The van der Waals surface area contributed by atoms with Crippen molar-refractivity contribution in [3.05, 3.63) is 41.2 Å². The average Bonchev–Trinajstić information content (AvgIpc) is 2.88. The average molecular weight is 290 g/mol. The van der Waals surface area contributed by atoms with Gasteiger partial charge in [0, 0.05) is 30.7 Å². The van der Waals surface area contributed by atoms with E-state index < -0.39 is 0 Å². The van der Waals surface area contributed by atoms with E-state index in [9.17, 15) is 4.79 Å². The van der Waals surface area contributed by atoms with E-state index in [1.165, 1.54) is 11.3 Å². The Hall–Kier alpha value is -1.95. The van der Waals surface area contributed by atoms with E-state index in [0.29, 0.717) is 18.1 Å². The molecular weight excluding hydrogens is 272 g/mol. The number of nitrogens with zero attached hydrogens (tertiary/aromatic N) is 2. The number of amides is 1. The lowest BCUT2D eigenvalue weighted by Gasteiger charge is -2.04. The fraction of sp³-hybridized carbons (Fsp3) is 0.357. The van der Waals surface area contributed by atoms with Crippen molar-refractivity contribution in [2.75, 3.05) is 12.3 Å². The van der Waals surface area contributed by atoms with Gasteiger partial charge in [-0.05, 0) is 30.9 Å². The quantitative estimate of drug-likeness (QED) is 0.762. The molecule has 0 unspecified atom stereocenters. The molecule has 2 aromatic heterocycles. The molecule has 2 heterocycles. The van der Waals surface area contributed by atoms with Crippen molar-refractivity contribution in [1.82, 2.24) is 15.3 Å². The Labute approximate surface area is 122 Å². The van der Waals surface area contributed by atoms with Gasteiger partial charge in [-0.15, -0.1) is 11.3 Å². The molecule has 0 fully saturated rings. The molecule has 0 aromatic carbocycles. The second kappa shape index (κ2) is 7.59. The molecule has 106 valence electrons. The molecule has 1 amide bonds. The van der Waals surface area contributed by atoms with Gasteiger partial charge in [0.05, 0.1) is 5.69 Å². The zero-order chi connectivity index (χ0) is 14.2. The van der Waals surface area contributed by atoms with Gasteiger partial charge in [-0.2, -0.15) is 0 Å². The van der Waals surface area contributed by atoms with Crippen LogP contribution in [-0.2, 0) is 17.6 Å². The molecule has 2 rings (SSSR count). The van der Waals surface area contributed by atoms with Crippen LogP contribution < -0.4 is 11.1 Å². The summed E-state index contributed by atoms with van der Waals surface area (Å²) in [6.07, 6.45) is 6.46. The molecule has 6 heteroatoms. The summed E-state index contributed by atoms with van der Waals surface area (Å²) in [7, 11) is 0. The monoisotopic (exact) mass is 290 g/mol. The van der Waals surface area contributed by atoms with Gasteiger partial charge < -0.3 is 11.1 Å². The molecule has 3 N–H and O–H groups in total. The number of nitrogens with two attached hydrogens (primary N) is 1. The van der Waals surface area contributed by atoms with Crippen molar-refractivity contribution >= 4 is 22.4 Å². The van der Waals surface area contributed by atoms with E-state index >= 15 is 0 Å². The minimum atomic E-state index is 0.0756. The van der Waals surface area contributed by atoms with Crippen LogP contribution in [0.15, 0.2) is 29.9 Å². The number of carbonyl (C=O) groups is 1. The summed E-state index contributed by atoms with van der Waals surface area (Å²) in [5.41, 5.74) is 7.64. The van der Waals surface area contributed by atoms with Gasteiger partial charge in [0.25, 0.3) is 0 Å². The van der Waals surface area contributed by atoms with Gasteiger partial charge in [-0.3, -0.25) is 9.78 Å². The van der Waals surface area contributed by atoms with Gasteiger partial charge in [0.2, 0.25) is 5.91 Å². The van der Waals surface area contributed by atoms with E-state index in [4.69, 9.17) is 5.73 Å². The molecule has 0 atom stereocenters. The number of aryl methyl sites for hydroxylation is 2. The summed E-state index contributed by atoms with van der Waals surface area (Å²) >= 11 is 1.45. The number of hydrogen-bond donors (Lipinski definition) is 2. The summed E-state index contributed by atoms with van der Waals surface area (Å²) in [5, 5.41) is 5.47. The Morgan fingerprint density at radius 1 is 1.40 bits per heavy atom. The van der Waals surface area contributed by atoms with Crippen LogP contribution in [0.5, 0.6) is 0 Å². The molecule has 20 heavy (non-hydrogen) atoms. The van der Waals surface area contributed by atoms with Gasteiger partial charge in [-0.1, -0.05) is 6.07 Å². The molecule has 0 bridgehead atoms. The van der Waals surface area contributed by atoms with Crippen LogP contribution in [0.3, 0.4) is 0 Å². The minimum absolute atomic E-state index is 0.0756. The molecule has 0 spiro atoms. The highest BCUT2D eigenvalue weighted by Crippen LogP contribution is 2.12. The number of nitrogens with one attached hydrogen (secondary N) is 1. The Balaban J connectivity index is 1.58. The van der Waals surface area contributed by atoms with Gasteiger partial charge in [0.1, 0.15) is 0 Å². The predicted molar refractivity (Wildman–Crippen MR) is 80.4 cm³/mol. The van der Waals surface area contributed by atoms with Crippen molar-refractivity contribution in [2.45, 2.75) is 25.7 Å². The zero-order valence-electron chi connectivity index (χ0n) is 11.2. The molecule has 0 radical (unpaired) electrons. The molecule has 2 aromatic rings. The second-order valence-electron chi connectivity index (χ2n) is 4.49. The molecule has 0 saturated heterocycles. The fourth-order valence-corrected chi connectivity index (χ4v) is 2.42. The molecular formula is C14H18N4OS.